The highest BCUT2D eigenvalue weighted by Crippen LogP contribution is 2.35. The van der Waals surface area contributed by atoms with Crippen LogP contribution in [0, 0.1) is 0 Å². The van der Waals surface area contributed by atoms with Crippen LogP contribution in [-0.4, -0.2) is 64.9 Å². The molecule has 0 bridgehead atoms. The summed E-state index contributed by atoms with van der Waals surface area (Å²) in [5, 5.41) is 6.13. The number of imide groups is 1. The standard InChI is InChI=1S/C15H24N4O3.ClH/c1-10-11(2)18(8-7-16-10)12(20)9-19-13(21)15(17-14(19)22)5-3-4-6-15;/h10-11,16H,3-9H2,1-2H3,(H,17,22);1H. The maximum absolute atomic E-state index is 12.6. The molecule has 2 saturated heterocycles. The van der Waals surface area contributed by atoms with Gasteiger partial charge in [-0.25, -0.2) is 4.79 Å². The van der Waals surface area contributed by atoms with E-state index in [2.05, 4.69) is 10.6 Å². The first-order valence-electron chi connectivity index (χ1n) is 8.11. The number of rotatable bonds is 2. The average molecular weight is 345 g/mol. The predicted octanol–water partition coefficient (Wildman–Crippen LogP) is 0.482. The summed E-state index contributed by atoms with van der Waals surface area (Å²) in [4.78, 5) is 40.1. The lowest BCUT2D eigenvalue weighted by Crippen LogP contribution is -2.59. The Balaban J connectivity index is 0.00000192. The number of nitrogens with one attached hydrogen (secondary N) is 2. The van der Waals surface area contributed by atoms with E-state index in [1.165, 1.54) is 0 Å². The molecule has 0 aromatic carbocycles. The summed E-state index contributed by atoms with van der Waals surface area (Å²) < 4.78 is 0. The average Bonchev–Trinajstić information content (AvgIpc) is 3.03. The van der Waals surface area contributed by atoms with Gasteiger partial charge in [0, 0.05) is 25.2 Å². The Bertz CT molecular complexity index is 507. The van der Waals surface area contributed by atoms with E-state index in [1.54, 1.807) is 4.90 Å². The number of carbonyl (C=O) groups excluding carboxylic acids is 3. The van der Waals surface area contributed by atoms with E-state index >= 15 is 0 Å². The van der Waals surface area contributed by atoms with Gasteiger partial charge in [0.25, 0.3) is 5.91 Å². The van der Waals surface area contributed by atoms with Gasteiger partial charge in [-0.15, -0.1) is 12.4 Å². The molecule has 4 amide bonds. The number of carbonyl (C=O) groups is 3. The smallest absolute Gasteiger partial charge is 0.325 e. The van der Waals surface area contributed by atoms with Crippen molar-refractivity contribution in [2.45, 2.75) is 57.2 Å². The van der Waals surface area contributed by atoms with Gasteiger partial charge in [0.1, 0.15) is 12.1 Å². The maximum Gasteiger partial charge on any atom is 0.325 e. The molecule has 2 unspecified atom stereocenters. The third-order valence-corrected chi connectivity index (χ3v) is 5.35. The van der Waals surface area contributed by atoms with E-state index in [0.29, 0.717) is 19.4 Å². The minimum atomic E-state index is -0.736. The molecule has 1 spiro atoms. The number of amides is 4. The fourth-order valence-electron chi connectivity index (χ4n) is 3.77. The van der Waals surface area contributed by atoms with Crippen molar-refractivity contribution in [1.29, 1.82) is 0 Å². The van der Waals surface area contributed by atoms with Crippen molar-refractivity contribution in [2.75, 3.05) is 19.6 Å². The van der Waals surface area contributed by atoms with E-state index < -0.39 is 11.6 Å². The van der Waals surface area contributed by atoms with Gasteiger partial charge < -0.3 is 15.5 Å². The topological polar surface area (TPSA) is 81.8 Å². The van der Waals surface area contributed by atoms with Gasteiger partial charge >= 0.3 is 6.03 Å². The summed E-state index contributed by atoms with van der Waals surface area (Å²) in [6.45, 7) is 5.22. The van der Waals surface area contributed by atoms with Crippen molar-refractivity contribution in [3.8, 4) is 0 Å². The zero-order chi connectivity index (χ0) is 15.9. The quantitative estimate of drug-likeness (QED) is 0.714. The first-order valence-corrected chi connectivity index (χ1v) is 8.11. The summed E-state index contributed by atoms with van der Waals surface area (Å²) in [6.07, 6.45) is 3.26. The summed E-state index contributed by atoms with van der Waals surface area (Å²) >= 11 is 0. The Kier molecular flexibility index (Phi) is 5.20. The number of halogens is 1. The molecule has 1 saturated carbocycles. The van der Waals surface area contributed by atoms with Gasteiger partial charge in [0.2, 0.25) is 5.91 Å². The second-order valence-electron chi connectivity index (χ2n) is 6.68. The molecule has 2 heterocycles. The van der Waals surface area contributed by atoms with E-state index in [-0.39, 0.29) is 42.8 Å². The Labute approximate surface area is 142 Å². The molecule has 130 valence electrons. The lowest BCUT2D eigenvalue weighted by molar-refractivity contribution is -0.141. The van der Waals surface area contributed by atoms with Crippen molar-refractivity contribution in [3.05, 3.63) is 0 Å². The fourth-order valence-corrected chi connectivity index (χ4v) is 3.77. The highest BCUT2D eigenvalue weighted by molar-refractivity contribution is 6.09. The van der Waals surface area contributed by atoms with Crippen LogP contribution >= 0.6 is 12.4 Å². The molecule has 2 aliphatic heterocycles. The molecule has 3 rings (SSSR count). The molecule has 1 aliphatic carbocycles. The number of piperazine rings is 1. The first-order chi connectivity index (χ1) is 10.4. The molecule has 7 nitrogen and oxygen atoms in total. The summed E-state index contributed by atoms with van der Waals surface area (Å²) in [5.41, 5.74) is -0.736. The van der Waals surface area contributed by atoms with Crippen LogP contribution in [0.5, 0.6) is 0 Å². The van der Waals surface area contributed by atoms with Crippen LogP contribution in [-0.2, 0) is 9.59 Å². The summed E-state index contributed by atoms with van der Waals surface area (Å²) in [7, 11) is 0. The van der Waals surface area contributed by atoms with Gasteiger partial charge in [-0.1, -0.05) is 12.8 Å². The lowest BCUT2D eigenvalue weighted by Gasteiger charge is -2.39. The van der Waals surface area contributed by atoms with Crippen LogP contribution in [0.15, 0.2) is 0 Å². The molecular formula is C15H25ClN4O3. The molecule has 2 N–H and O–H groups in total. The molecule has 3 aliphatic rings. The van der Waals surface area contributed by atoms with Gasteiger partial charge in [-0.2, -0.15) is 0 Å². The number of hydrogen-bond donors (Lipinski definition) is 2. The third-order valence-electron chi connectivity index (χ3n) is 5.35. The highest BCUT2D eigenvalue weighted by Gasteiger charge is 2.53. The normalized spacial score (nSPS) is 29.7. The van der Waals surface area contributed by atoms with Crippen LogP contribution < -0.4 is 10.6 Å². The Morgan fingerprint density at radius 1 is 1.26 bits per heavy atom. The Morgan fingerprint density at radius 3 is 2.57 bits per heavy atom. The van der Waals surface area contributed by atoms with Gasteiger partial charge in [0.05, 0.1) is 0 Å². The van der Waals surface area contributed by atoms with Gasteiger partial charge in [-0.05, 0) is 26.7 Å². The molecule has 0 aromatic heterocycles. The van der Waals surface area contributed by atoms with Crippen LogP contribution in [0.4, 0.5) is 4.79 Å². The molecule has 0 aromatic rings. The third kappa shape index (κ3) is 3.04. The lowest BCUT2D eigenvalue weighted by atomic mass is 9.98. The molecule has 0 radical (unpaired) electrons. The van der Waals surface area contributed by atoms with Crippen LogP contribution in [0.1, 0.15) is 39.5 Å². The van der Waals surface area contributed by atoms with Crippen molar-refractivity contribution in [1.82, 2.24) is 20.4 Å². The molecule has 3 fully saturated rings. The zero-order valence-electron chi connectivity index (χ0n) is 13.6. The SMILES string of the molecule is CC1NCCN(C(=O)CN2C(=O)NC3(CCCC3)C2=O)C1C.Cl. The minimum absolute atomic E-state index is 0. The number of nitrogens with zero attached hydrogens (tertiary/aromatic N) is 2. The molecule has 8 heteroatoms. The molecular weight excluding hydrogens is 320 g/mol. The van der Waals surface area contributed by atoms with Crippen LogP contribution in [0.3, 0.4) is 0 Å². The van der Waals surface area contributed by atoms with E-state index in [4.69, 9.17) is 0 Å². The monoisotopic (exact) mass is 344 g/mol. The Hall–Kier alpha value is -1.34. The number of urea groups is 1. The van der Waals surface area contributed by atoms with Crippen LogP contribution in [0.2, 0.25) is 0 Å². The van der Waals surface area contributed by atoms with Gasteiger partial charge in [0.15, 0.2) is 0 Å². The maximum atomic E-state index is 12.6. The second-order valence-corrected chi connectivity index (χ2v) is 6.68. The van der Waals surface area contributed by atoms with Crippen molar-refractivity contribution in [2.24, 2.45) is 0 Å². The van der Waals surface area contributed by atoms with E-state index in [1.807, 2.05) is 13.8 Å². The number of hydrogen-bond acceptors (Lipinski definition) is 4. The van der Waals surface area contributed by atoms with E-state index in [9.17, 15) is 14.4 Å². The predicted molar refractivity (Wildman–Crippen MR) is 87.3 cm³/mol. The molecule has 2 atom stereocenters. The van der Waals surface area contributed by atoms with Crippen LogP contribution in [0.25, 0.3) is 0 Å². The van der Waals surface area contributed by atoms with E-state index in [0.717, 1.165) is 24.3 Å². The second kappa shape index (κ2) is 6.65. The minimum Gasteiger partial charge on any atom is -0.336 e. The fraction of sp³-hybridized carbons (Fsp3) is 0.800. The zero-order valence-corrected chi connectivity index (χ0v) is 14.4. The first kappa shape index (κ1) is 18.0. The van der Waals surface area contributed by atoms with Crippen molar-refractivity contribution in [3.63, 3.8) is 0 Å². The Morgan fingerprint density at radius 2 is 1.91 bits per heavy atom. The van der Waals surface area contributed by atoms with Gasteiger partial charge in [-0.3, -0.25) is 14.5 Å². The molecule has 23 heavy (non-hydrogen) atoms. The van der Waals surface area contributed by atoms with Crippen molar-refractivity contribution >= 4 is 30.3 Å². The summed E-state index contributed by atoms with van der Waals surface area (Å²) in [6, 6.07) is -0.152. The summed E-state index contributed by atoms with van der Waals surface area (Å²) in [5.74, 6) is -0.376. The highest BCUT2D eigenvalue weighted by atomic mass is 35.5. The van der Waals surface area contributed by atoms with Crippen molar-refractivity contribution < 1.29 is 14.4 Å². The largest absolute Gasteiger partial charge is 0.336 e.